The Labute approximate surface area is 127 Å². The van der Waals surface area contributed by atoms with Gasteiger partial charge in [0.1, 0.15) is 5.60 Å². The van der Waals surface area contributed by atoms with Crippen LogP contribution in [0.1, 0.15) is 52.1 Å². The van der Waals surface area contributed by atoms with Crippen LogP contribution >= 0.6 is 0 Å². The molecule has 0 saturated carbocycles. The molecule has 118 valence electrons. The van der Waals surface area contributed by atoms with Crippen LogP contribution in [0.25, 0.3) is 0 Å². The van der Waals surface area contributed by atoms with E-state index in [1.807, 2.05) is 36.5 Å². The van der Waals surface area contributed by atoms with Crippen LogP contribution in [0.3, 0.4) is 0 Å². The van der Waals surface area contributed by atoms with Gasteiger partial charge in [0.15, 0.2) is 0 Å². The van der Waals surface area contributed by atoms with Crippen LogP contribution in [0.5, 0.6) is 0 Å². The maximum absolute atomic E-state index is 12.0. The van der Waals surface area contributed by atoms with Crippen molar-refractivity contribution in [3.05, 3.63) is 18.0 Å². The Bertz CT molecular complexity index is 482. The lowest BCUT2D eigenvalue weighted by Gasteiger charge is -2.35. The molecule has 1 atom stereocenters. The molecule has 0 radical (unpaired) electrons. The van der Waals surface area contributed by atoms with E-state index in [4.69, 9.17) is 4.74 Å². The highest BCUT2D eigenvalue weighted by molar-refractivity contribution is 5.68. The lowest BCUT2D eigenvalue weighted by atomic mass is 9.90. The molecule has 2 heterocycles. The Hall–Kier alpha value is -1.52. The van der Waals surface area contributed by atoms with E-state index in [0.29, 0.717) is 12.0 Å². The van der Waals surface area contributed by atoms with Crippen molar-refractivity contribution >= 4 is 6.09 Å². The van der Waals surface area contributed by atoms with Crippen LogP contribution in [-0.2, 0) is 4.74 Å². The summed E-state index contributed by atoms with van der Waals surface area (Å²) in [5.41, 5.74) is 0.765. The first-order valence-corrected chi connectivity index (χ1v) is 7.75. The van der Waals surface area contributed by atoms with Crippen LogP contribution in [-0.4, -0.2) is 39.5 Å². The summed E-state index contributed by atoms with van der Waals surface area (Å²) in [6, 6.07) is 0.375. The predicted molar refractivity (Wildman–Crippen MR) is 82.2 cm³/mol. The highest BCUT2D eigenvalue weighted by Crippen LogP contribution is 2.28. The molecule has 1 aliphatic heterocycles. The van der Waals surface area contributed by atoms with Crippen molar-refractivity contribution in [3.8, 4) is 0 Å². The van der Waals surface area contributed by atoms with Crippen LogP contribution in [0, 0.1) is 12.8 Å². The molecule has 21 heavy (non-hydrogen) atoms. The van der Waals surface area contributed by atoms with Crippen LogP contribution in [0.4, 0.5) is 4.79 Å². The molecule has 0 bridgehead atoms. The quantitative estimate of drug-likeness (QED) is 0.839. The Morgan fingerprint density at radius 1 is 1.38 bits per heavy atom. The minimum absolute atomic E-state index is 0.191. The molecule has 5 nitrogen and oxygen atoms in total. The van der Waals surface area contributed by atoms with E-state index < -0.39 is 5.60 Å². The van der Waals surface area contributed by atoms with Crippen molar-refractivity contribution in [1.82, 2.24) is 14.7 Å². The molecule has 0 spiro atoms. The number of likely N-dealkylation sites (tertiary alicyclic amines) is 1. The first kappa shape index (κ1) is 15.9. The van der Waals surface area contributed by atoms with Gasteiger partial charge in [0.2, 0.25) is 0 Å². The monoisotopic (exact) mass is 293 g/mol. The summed E-state index contributed by atoms with van der Waals surface area (Å²) in [6.07, 6.45) is 5.79. The number of aromatic nitrogens is 2. The topological polar surface area (TPSA) is 47.4 Å². The van der Waals surface area contributed by atoms with Crippen LogP contribution in [0.2, 0.25) is 0 Å². The van der Waals surface area contributed by atoms with E-state index in [2.05, 4.69) is 25.1 Å². The van der Waals surface area contributed by atoms with Crippen molar-refractivity contribution in [2.45, 2.75) is 59.1 Å². The lowest BCUT2D eigenvalue weighted by Crippen LogP contribution is -2.42. The number of amides is 1. The molecule has 2 rings (SSSR count). The summed E-state index contributed by atoms with van der Waals surface area (Å²) < 4.78 is 7.48. The zero-order valence-corrected chi connectivity index (χ0v) is 13.8. The largest absolute Gasteiger partial charge is 0.444 e. The number of hydrogen-bond acceptors (Lipinski definition) is 3. The van der Waals surface area contributed by atoms with E-state index in [1.165, 1.54) is 5.56 Å². The first-order chi connectivity index (χ1) is 9.76. The first-order valence-electron chi connectivity index (χ1n) is 7.75. The van der Waals surface area contributed by atoms with Crippen LogP contribution < -0.4 is 0 Å². The second-order valence-electron chi connectivity index (χ2n) is 7.04. The number of nitrogens with zero attached hydrogens (tertiary/aromatic N) is 3. The molecule has 0 N–H and O–H groups in total. The zero-order valence-electron chi connectivity index (χ0n) is 13.8. The average Bonchev–Trinajstić information content (AvgIpc) is 2.83. The number of carbonyl (C=O) groups excluding carboxylic acids is 1. The second-order valence-corrected chi connectivity index (χ2v) is 7.04. The molecule has 1 saturated heterocycles. The smallest absolute Gasteiger partial charge is 0.410 e. The summed E-state index contributed by atoms with van der Waals surface area (Å²) in [4.78, 5) is 13.9. The normalized spacial score (nSPS) is 18.6. The molecule has 0 aromatic carbocycles. The number of carbonyl (C=O) groups is 1. The summed E-state index contributed by atoms with van der Waals surface area (Å²) in [6.45, 7) is 11.5. The Morgan fingerprint density at radius 3 is 2.48 bits per heavy atom. The van der Waals surface area contributed by atoms with E-state index >= 15 is 0 Å². The van der Waals surface area contributed by atoms with E-state index in [9.17, 15) is 4.79 Å². The minimum Gasteiger partial charge on any atom is -0.444 e. The van der Waals surface area contributed by atoms with Gasteiger partial charge >= 0.3 is 6.09 Å². The van der Waals surface area contributed by atoms with Gasteiger partial charge in [-0.05, 0) is 58.9 Å². The molecular formula is C16H27N3O2. The molecule has 1 amide bonds. The fourth-order valence-corrected chi connectivity index (χ4v) is 2.76. The fraction of sp³-hybridized carbons (Fsp3) is 0.750. The van der Waals surface area contributed by atoms with Gasteiger partial charge < -0.3 is 9.64 Å². The number of aryl methyl sites for hydroxylation is 1. The summed E-state index contributed by atoms with van der Waals surface area (Å²) in [5.74, 6) is 0.558. The van der Waals surface area contributed by atoms with Gasteiger partial charge in [-0.25, -0.2) is 4.79 Å². The minimum atomic E-state index is -0.423. The van der Waals surface area contributed by atoms with E-state index in [-0.39, 0.29) is 6.09 Å². The van der Waals surface area contributed by atoms with Crippen molar-refractivity contribution in [3.63, 3.8) is 0 Å². The molecule has 1 fully saturated rings. The molecule has 1 aromatic rings. The number of ether oxygens (including phenoxy) is 1. The second kappa shape index (κ2) is 6.08. The standard InChI is InChI=1S/C16H27N3O2/c1-12-10-17-19(11-12)13(2)14-6-8-18(9-7-14)15(20)21-16(3,4)5/h10-11,13-14H,6-9H2,1-5H3. The van der Waals surface area contributed by atoms with E-state index in [0.717, 1.165) is 25.9 Å². The Balaban J connectivity index is 1.87. The lowest BCUT2D eigenvalue weighted by molar-refractivity contribution is 0.0163. The molecule has 1 unspecified atom stereocenters. The van der Waals surface area contributed by atoms with Crippen molar-refractivity contribution in [1.29, 1.82) is 0 Å². The SMILES string of the molecule is Cc1cnn(C(C)C2CCN(C(=O)OC(C)(C)C)CC2)c1. The van der Waals surface area contributed by atoms with Crippen LogP contribution in [0.15, 0.2) is 12.4 Å². The van der Waals surface area contributed by atoms with Gasteiger partial charge in [0, 0.05) is 19.3 Å². The summed E-state index contributed by atoms with van der Waals surface area (Å²) in [5, 5.41) is 4.40. The van der Waals surface area contributed by atoms with Gasteiger partial charge in [-0.1, -0.05) is 0 Å². The molecule has 5 heteroatoms. The molecular weight excluding hydrogens is 266 g/mol. The number of hydrogen-bond donors (Lipinski definition) is 0. The third-order valence-corrected chi connectivity index (χ3v) is 4.02. The van der Waals surface area contributed by atoms with Gasteiger partial charge in [-0.15, -0.1) is 0 Å². The van der Waals surface area contributed by atoms with E-state index in [1.54, 1.807) is 0 Å². The highest BCUT2D eigenvalue weighted by atomic mass is 16.6. The third kappa shape index (κ3) is 4.22. The third-order valence-electron chi connectivity index (χ3n) is 4.02. The molecule has 0 aliphatic carbocycles. The highest BCUT2D eigenvalue weighted by Gasteiger charge is 2.29. The van der Waals surface area contributed by atoms with Crippen molar-refractivity contribution in [2.24, 2.45) is 5.92 Å². The molecule has 1 aliphatic rings. The molecule has 1 aromatic heterocycles. The maximum Gasteiger partial charge on any atom is 0.410 e. The zero-order chi connectivity index (χ0) is 15.6. The summed E-state index contributed by atoms with van der Waals surface area (Å²) >= 11 is 0. The van der Waals surface area contributed by atoms with Gasteiger partial charge in [-0.3, -0.25) is 4.68 Å². The summed E-state index contributed by atoms with van der Waals surface area (Å²) in [7, 11) is 0. The van der Waals surface area contributed by atoms with Crippen molar-refractivity contribution in [2.75, 3.05) is 13.1 Å². The maximum atomic E-state index is 12.0. The van der Waals surface area contributed by atoms with Crippen molar-refractivity contribution < 1.29 is 9.53 Å². The number of piperidine rings is 1. The average molecular weight is 293 g/mol. The predicted octanol–water partition coefficient (Wildman–Crippen LogP) is 3.40. The van der Waals surface area contributed by atoms with Gasteiger partial charge in [0.25, 0.3) is 0 Å². The Kier molecular flexibility index (Phi) is 4.59. The van der Waals surface area contributed by atoms with Gasteiger partial charge in [-0.2, -0.15) is 5.10 Å². The Morgan fingerprint density at radius 2 is 2.00 bits per heavy atom. The number of rotatable bonds is 2. The fourth-order valence-electron chi connectivity index (χ4n) is 2.76. The van der Waals surface area contributed by atoms with Gasteiger partial charge in [0.05, 0.1) is 12.2 Å².